The summed E-state index contributed by atoms with van der Waals surface area (Å²) in [6.07, 6.45) is 8.12. The number of benzene rings is 9. The van der Waals surface area contributed by atoms with Crippen molar-refractivity contribution in [3.8, 4) is 55.9 Å². The molecule has 0 bridgehead atoms. The van der Waals surface area contributed by atoms with Crippen LogP contribution in [0.5, 0.6) is 0 Å². The van der Waals surface area contributed by atoms with Gasteiger partial charge in [-0.25, -0.2) is 0 Å². The lowest BCUT2D eigenvalue weighted by Gasteiger charge is -2.34. The third-order valence-electron chi connectivity index (χ3n) is 19.9. The van der Waals surface area contributed by atoms with Crippen LogP contribution in [-0.2, 0) is 32.5 Å². The zero-order chi connectivity index (χ0) is 61.0. The fraction of sp³-hybridized carbons (Fsp3) is 0.224. The minimum absolute atomic E-state index is 0.0393. The molecule has 0 amide bonds. The first-order valence-corrected chi connectivity index (χ1v) is 31.6. The van der Waals surface area contributed by atoms with Crippen LogP contribution in [0, 0.1) is 6.92 Å². The minimum atomic E-state index is -0.567. The number of aromatic nitrogens is 2. The monoisotopic (exact) mass is 1140 g/mol. The lowest BCUT2D eigenvalue weighted by molar-refractivity contribution is 0.586. The highest BCUT2D eigenvalue weighted by Gasteiger charge is 2.54. The predicted molar refractivity (Wildman–Crippen MR) is 370 cm³/mol. The maximum Gasteiger partial charge on any atom is 0.0892 e. The molecule has 432 valence electrons. The first kappa shape index (κ1) is 55.4. The predicted octanol–water partition coefficient (Wildman–Crippen LogP) is 22.0. The Bertz CT molecular complexity index is 4600. The number of nitrogens with zero attached hydrogens (tertiary/aromatic N) is 3. The molecule has 2 heterocycles. The molecule has 3 heteroatoms. The molecule has 2 spiro atoms. The van der Waals surface area contributed by atoms with Gasteiger partial charge in [0.25, 0.3) is 0 Å². The molecule has 0 saturated heterocycles. The number of pyridine rings is 2. The topological polar surface area (TPSA) is 29.0 Å². The van der Waals surface area contributed by atoms with Crippen molar-refractivity contribution in [3.05, 3.63) is 302 Å². The number of aryl methyl sites for hydroxylation is 1. The Morgan fingerprint density at radius 2 is 0.659 bits per heavy atom. The van der Waals surface area contributed by atoms with Gasteiger partial charge in [-0.3, -0.25) is 9.97 Å². The van der Waals surface area contributed by atoms with Crippen molar-refractivity contribution in [3.63, 3.8) is 0 Å². The fourth-order valence-electron chi connectivity index (χ4n) is 15.2. The van der Waals surface area contributed by atoms with Crippen molar-refractivity contribution < 1.29 is 0 Å². The van der Waals surface area contributed by atoms with E-state index in [0.717, 1.165) is 45.1 Å². The summed E-state index contributed by atoms with van der Waals surface area (Å²) in [5.74, 6) is 0. The van der Waals surface area contributed by atoms with Gasteiger partial charge in [0.05, 0.1) is 22.2 Å². The number of hydrogen-bond donors (Lipinski definition) is 0. The highest BCUT2D eigenvalue weighted by atomic mass is 15.1. The molecule has 0 atom stereocenters. The first-order chi connectivity index (χ1) is 42.0. The van der Waals surface area contributed by atoms with Crippen LogP contribution < -0.4 is 4.90 Å². The van der Waals surface area contributed by atoms with E-state index in [0.29, 0.717) is 0 Å². The Hall–Kier alpha value is -9.18. The van der Waals surface area contributed by atoms with E-state index in [-0.39, 0.29) is 21.7 Å². The second kappa shape index (κ2) is 19.4. The molecule has 0 radical (unpaired) electrons. The Labute approximate surface area is 521 Å². The van der Waals surface area contributed by atoms with E-state index in [1.54, 1.807) is 0 Å². The number of fused-ring (bicyclic) bond motifs is 20. The lowest BCUT2D eigenvalue weighted by atomic mass is 9.68. The van der Waals surface area contributed by atoms with Crippen molar-refractivity contribution >= 4 is 29.2 Å². The molecule has 0 fully saturated rings. The average Bonchev–Trinajstić information content (AvgIpc) is 1.52. The molecule has 2 aromatic heterocycles. The van der Waals surface area contributed by atoms with Gasteiger partial charge < -0.3 is 4.90 Å². The van der Waals surface area contributed by atoms with Crippen molar-refractivity contribution in [1.29, 1.82) is 0 Å². The van der Waals surface area contributed by atoms with Crippen LogP contribution in [0.4, 0.5) is 17.1 Å². The molecule has 0 saturated carbocycles. The summed E-state index contributed by atoms with van der Waals surface area (Å²) in [6.45, 7) is 30.3. The molecule has 0 unspecified atom stereocenters. The minimum Gasteiger partial charge on any atom is -0.310 e. The molecule has 9 aromatic carbocycles. The van der Waals surface area contributed by atoms with Gasteiger partial charge in [0.2, 0.25) is 0 Å². The van der Waals surface area contributed by atoms with E-state index >= 15 is 0 Å². The van der Waals surface area contributed by atoms with Crippen LogP contribution in [0.25, 0.3) is 68.0 Å². The van der Waals surface area contributed by atoms with Crippen LogP contribution in [0.1, 0.15) is 167 Å². The number of hydrogen-bond acceptors (Lipinski definition) is 3. The standard InChI is InChI=1S/C85H77N3/c1-52-40-42-86-78(44-52)79-45-54(41-43-87-79)23-22-53-24-30-59(31-25-53)88(60-33-39-72-69(50-60)63-19-15-17-21-71(63)84(72)73-46-55(80(2,3)4)26-34-64(73)65-35-27-56(47-74(65)84)81(5,6)7)61-32-38-68-62-18-14-16-20-70(62)85(77(68)51-61)75-48-57(82(8,9)10)28-36-66(75)67-37-29-58(49-76(67)85)83(11,12)13/h14-51H,1-13H3/b23-22+. The van der Waals surface area contributed by atoms with Gasteiger partial charge in [0.15, 0.2) is 0 Å². The van der Waals surface area contributed by atoms with Gasteiger partial charge in [-0.05, 0) is 217 Å². The van der Waals surface area contributed by atoms with Crippen molar-refractivity contribution in [2.45, 2.75) is 122 Å². The summed E-state index contributed by atoms with van der Waals surface area (Å²) in [7, 11) is 0. The van der Waals surface area contributed by atoms with E-state index in [2.05, 4.69) is 312 Å². The third-order valence-corrected chi connectivity index (χ3v) is 19.9. The molecular formula is C85H77N3. The first-order valence-electron chi connectivity index (χ1n) is 31.6. The summed E-state index contributed by atoms with van der Waals surface area (Å²) < 4.78 is 0. The number of anilines is 3. The Morgan fingerprint density at radius 3 is 1.15 bits per heavy atom. The normalized spacial score (nSPS) is 14.6. The van der Waals surface area contributed by atoms with E-state index in [1.807, 2.05) is 18.5 Å². The zero-order valence-corrected chi connectivity index (χ0v) is 53.3. The summed E-state index contributed by atoms with van der Waals surface area (Å²) in [4.78, 5) is 11.9. The van der Waals surface area contributed by atoms with E-state index in [1.165, 1.54) is 111 Å². The van der Waals surface area contributed by atoms with Gasteiger partial charge in [0, 0.05) is 29.5 Å². The molecule has 4 aliphatic rings. The van der Waals surface area contributed by atoms with Crippen LogP contribution in [0.15, 0.2) is 219 Å². The molecule has 3 nitrogen and oxygen atoms in total. The van der Waals surface area contributed by atoms with Gasteiger partial charge in [-0.2, -0.15) is 0 Å². The summed E-state index contributed by atoms with van der Waals surface area (Å²) in [5.41, 5.74) is 33.7. The SMILES string of the molecule is Cc1ccnc(-c2cc(/C=C/c3ccc(N(c4ccc5c(c4)-c4ccccc4C54c5cc(C(C)(C)C)ccc5-c5ccc(C(C)(C)C)cc54)c4ccc5c(c4)C4(c6ccccc6-5)c5cc(C(C)(C)C)ccc5-c5ccc(C(C)(C)C)cc54)cc3)ccn2)c1. The third kappa shape index (κ3) is 8.36. The van der Waals surface area contributed by atoms with Gasteiger partial charge >= 0.3 is 0 Å². The molecule has 0 aliphatic heterocycles. The van der Waals surface area contributed by atoms with Crippen molar-refractivity contribution in [2.24, 2.45) is 0 Å². The highest BCUT2D eigenvalue weighted by Crippen LogP contribution is 2.66. The largest absolute Gasteiger partial charge is 0.310 e. The lowest BCUT2D eigenvalue weighted by Crippen LogP contribution is -2.28. The maximum absolute atomic E-state index is 4.70. The Kier molecular flexibility index (Phi) is 12.2. The molecular weight excluding hydrogens is 1060 g/mol. The Morgan fingerprint density at radius 1 is 0.295 bits per heavy atom. The van der Waals surface area contributed by atoms with E-state index in [9.17, 15) is 0 Å². The molecule has 0 N–H and O–H groups in total. The van der Waals surface area contributed by atoms with Crippen molar-refractivity contribution in [1.82, 2.24) is 9.97 Å². The summed E-state index contributed by atoms with van der Waals surface area (Å²) >= 11 is 0. The molecule has 4 aliphatic carbocycles. The second-order valence-corrected chi connectivity index (χ2v) is 29.5. The average molecular weight is 1140 g/mol. The summed E-state index contributed by atoms with van der Waals surface area (Å²) in [5, 5.41) is 0. The van der Waals surface area contributed by atoms with Crippen LogP contribution >= 0.6 is 0 Å². The summed E-state index contributed by atoms with van der Waals surface area (Å²) in [6, 6.07) is 80.2. The van der Waals surface area contributed by atoms with Crippen LogP contribution in [0.3, 0.4) is 0 Å². The molecule has 11 aromatic rings. The smallest absolute Gasteiger partial charge is 0.0892 e. The van der Waals surface area contributed by atoms with E-state index in [4.69, 9.17) is 4.98 Å². The maximum atomic E-state index is 4.70. The fourth-order valence-corrected chi connectivity index (χ4v) is 15.2. The van der Waals surface area contributed by atoms with Gasteiger partial charge in [0.1, 0.15) is 0 Å². The molecule has 15 rings (SSSR count). The highest BCUT2D eigenvalue weighted by molar-refractivity contribution is 5.99. The Balaban J connectivity index is 0.954. The van der Waals surface area contributed by atoms with Crippen LogP contribution in [0.2, 0.25) is 0 Å². The second-order valence-electron chi connectivity index (χ2n) is 29.5. The van der Waals surface area contributed by atoms with Gasteiger partial charge in [-0.1, -0.05) is 241 Å². The van der Waals surface area contributed by atoms with Crippen molar-refractivity contribution in [2.75, 3.05) is 4.90 Å². The van der Waals surface area contributed by atoms with E-state index < -0.39 is 10.8 Å². The molecule has 88 heavy (non-hydrogen) atoms. The quantitative estimate of drug-likeness (QED) is 0.166. The number of rotatable bonds is 6. The zero-order valence-electron chi connectivity index (χ0n) is 53.3. The van der Waals surface area contributed by atoms with Gasteiger partial charge in [-0.15, -0.1) is 0 Å². The van der Waals surface area contributed by atoms with Crippen LogP contribution in [-0.4, -0.2) is 9.97 Å².